The van der Waals surface area contributed by atoms with Crippen molar-refractivity contribution in [3.05, 3.63) is 65.7 Å². The molecule has 0 aliphatic rings. The minimum atomic E-state index is -1.64. The fourth-order valence-corrected chi connectivity index (χ4v) is 7.48. The third-order valence-electron chi connectivity index (χ3n) is 12.5. The average Bonchev–Trinajstić information content (AvgIpc) is 3.32. The molecule has 0 saturated heterocycles. The molecule has 0 radical (unpaired) electrons. The van der Waals surface area contributed by atoms with Crippen molar-refractivity contribution in [3.63, 3.8) is 0 Å². The van der Waals surface area contributed by atoms with E-state index < -0.39 is 95.2 Å². The lowest BCUT2D eigenvalue weighted by Crippen LogP contribution is -2.59. The molecular formula is C54H84N6O11. The van der Waals surface area contributed by atoms with Gasteiger partial charge in [0, 0.05) is 45.2 Å². The van der Waals surface area contributed by atoms with Gasteiger partial charge in [-0.15, -0.1) is 0 Å². The summed E-state index contributed by atoms with van der Waals surface area (Å²) in [5, 5.41) is 10.8. The zero-order valence-corrected chi connectivity index (χ0v) is 44.7. The largest absolute Gasteiger partial charge is 0.488 e. The molecule has 71 heavy (non-hydrogen) atoms. The van der Waals surface area contributed by atoms with Crippen LogP contribution in [0.4, 0.5) is 0 Å². The van der Waals surface area contributed by atoms with Crippen molar-refractivity contribution >= 4 is 47.3 Å². The summed E-state index contributed by atoms with van der Waals surface area (Å²) in [5.74, 6) is -6.74. The fraction of sp³-hybridized carbons (Fsp3) is 0.630. The first-order valence-corrected chi connectivity index (χ1v) is 25.1. The number of rotatable bonds is 29. The number of benzene rings is 2. The lowest BCUT2D eigenvalue weighted by molar-refractivity contribution is -0.158. The van der Waals surface area contributed by atoms with E-state index >= 15 is 0 Å². The Labute approximate surface area is 422 Å². The van der Waals surface area contributed by atoms with Gasteiger partial charge in [-0.3, -0.25) is 28.8 Å². The van der Waals surface area contributed by atoms with Crippen molar-refractivity contribution in [1.29, 1.82) is 0 Å². The number of amides is 5. The molecular weight excluding hydrogens is 909 g/mol. The molecule has 0 bridgehead atoms. The molecule has 0 aromatic heterocycles. The molecule has 0 heterocycles. The molecule has 2 aromatic carbocycles. The summed E-state index contributed by atoms with van der Waals surface area (Å²) >= 11 is 0. The van der Waals surface area contributed by atoms with Crippen molar-refractivity contribution in [3.8, 4) is 5.75 Å². The van der Waals surface area contributed by atoms with Crippen molar-refractivity contribution in [2.24, 2.45) is 35.3 Å². The van der Waals surface area contributed by atoms with Gasteiger partial charge < -0.3 is 46.1 Å². The number of nitrogens with two attached hydrogens (primary N) is 1. The van der Waals surface area contributed by atoms with Crippen LogP contribution in [0.25, 0.3) is 0 Å². The summed E-state index contributed by atoms with van der Waals surface area (Å²) in [4.78, 5) is 112. The van der Waals surface area contributed by atoms with Crippen LogP contribution in [-0.4, -0.2) is 108 Å². The van der Waals surface area contributed by atoms with Gasteiger partial charge in [0.2, 0.25) is 29.5 Å². The van der Waals surface area contributed by atoms with E-state index in [9.17, 15) is 38.4 Å². The first kappa shape index (κ1) is 61.3. The Balaban J connectivity index is 2.61. The number of ether oxygens (including phenoxy) is 3. The Morgan fingerprint density at radius 1 is 0.718 bits per heavy atom. The molecule has 0 fully saturated rings. The molecule has 17 nitrogen and oxygen atoms in total. The topological polar surface area (TPSA) is 242 Å². The number of hydrogen-bond acceptors (Lipinski definition) is 12. The molecule has 0 unspecified atom stereocenters. The van der Waals surface area contributed by atoms with Crippen molar-refractivity contribution in [1.82, 2.24) is 26.2 Å². The second kappa shape index (κ2) is 29.5. The Bertz CT molecular complexity index is 2060. The molecule has 2 rings (SSSR count). The molecule has 0 aliphatic heterocycles. The number of carbonyl (C=O) groups is 8. The highest BCUT2D eigenvalue weighted by Gasteiger charge is 2.40. The Morgan fingerprint density at radius 2 is 1.31 bits per heavy atom. The Kier molecular flexibility index (Phi) is 25.5. The summed E-state index contributed by atoms with van der Waals surface area (Å²) in [6.07, 6.45) is -0.578. The SMILES string of the molecule is CC[C@H](C)[C@H](N)C(=O)N(C)[C@@H](Cc1ccc(OC(C)(C)C)cc1)C(=O)N[C@H](C(=O)O[C@H](C)[C@H](NC(=O)[C@H](CCC(=O)NC)CC(=O)C(C)C)C(=O)N[C@@H](CC(C)C)C(=O)OCc1ccccc1)[C@@H](C)CC. The highest BCUT2D eigenvalue weighted by atomic mass is 16.5. The quantitative estimate of drug-likeness (QED) is 0.0628. The van der Waals surface area contributed by atoms with E-state index in [4.69, 9.17) is 19.9 Å². The van der Waals surface area contributed by atoms with Gasteiger partial charge in [-0.05, 0) is 81.5 Å². The monoisotopic (exact) mass is 993 g/mol. The third-order valence-corrected chi connectivity index (χ3v) is 12.5. The molecule has 6 N–H and O–H groups in total. The fourth-order valence-electron chi connectivity index (χ4n) is 7.48. The van der Waals surface area contributed by atoms with E-state index in [0.717, 1.165) is 5.56 Å². The van der Waals surface area contributed by atoms with Crippen LogP contribution in [-0.2, 0) is 60.9 Å². The van der Waals surface area contributed by atoms with Crippen LogP contribution >= 0.6 is 0 Å². The number of likely N-dealkylation sites (N-methyl/N-ethyl adjacent to an activating group) is 1. The summed E-state index contributed by atoms with van der Waals surface area (Å²) in [5.41, 5.74) is 7.38. The third kappa shape index (κ3) is 20.8. The molecule has 0 aliphatic carbocycles. The number of carbonyl (C=O) groups excluding carboxylic acids is 8. The van der Waals surface area contributed by atoms with E-state index in [2.05, 4.69) is 21.3 Å². The van der Waals surface area contributed by atoms with Gasteiger partial charge >= 0.3 is 11.9 Å². The van der Waals surface area contributed by atoms with E-state index in [1.54, 1.807) is 69.3 Å². The molecule has 0 saturated carbocycles. The van der Waals surface area contributed by atoms with Gasteiger partial charge in [0.05, 0.1) is 6.04 Å². The first-order valence-electron chi connectivity index (χ1n) is 25.1. The van der Waals surface area contributed by atoms with Crippen LogP contribution < -0.4 is 31.7 Å². The summed E-state index contributed by atoms with van der Waals surface area (Å²) in [7, 11) is 2.95. The van der Waals surface area contributed by atoms with Gasteiger partial charge in [0.25, 0.3) is 0 Å². The molecule has 396 valence electrons. The van der Waals surface area contributed by atoms with Gasteiger partial charge in [0.1, 0.15) is 54.0 Å². The van der Waals surface area contributed by atoms with Gasteiger partial charge in [-0.25, -0.2) is 9.59 Å². The van der Waals surface area contributed by atoms with Crippen LogP contribution in [0.2, 0.25) is 0 Å². The first-order chi connectivity index (χ1) is 33.2. The molecule has 17 heteroatoms. The minimum absolute atomic E-state index is 0.0361. The molecule has 5 amide bonds. The van der Waals surface area contributed by atoms with Crippen LogP contribution in [0.3, 0.4) is 0 Å². The van der Waals surface area contributed by atoms with Gasteiger partial charge in [-0.2, -0.15) is 0 Å². The van der Waals surface area contributed by atoms with E-state index in [1.807, 2.05) is 61.5 Å². The predicted molar refractivity (Wildman–Crippen MR) is 272 cm³/mol. The standard InChI is InChI=1S/C54H84N6O11/c1-15-34(7)45(55)51(66)60(14)42(29-37-22-25-40(26-23-37)71-54(10,11)12)49(64)58-46(35(8)16-2)53(68)70-36(9)47(59-48(63)39(24-27-44(62)56-13)30-43(61)33(5)6)50(65)57-41(28-32(3)4)52(67)69-31-38-20-18-17-19-21-38/h17-23,25-26,32-36,39,41-42,45-47H,15-16,24,27-31,55H2,1-14H3,(H,56,62)(H,57,65)(H,58,64)(H,59,63)/t34-,35-,36+,39+,41-,42-,45-,46-,47-/m0/s1. The summed E-state index contributed by atoms with van der Waals surface area (Å²) < 4.78 is 17.6. The Hall–Kier alpha value is -5.84. The lowest BCUT2D eigenvalue weighted by Gasteiger charge is -2.33. The van der Waals surface area contributed by atoms with Crippen LogP contribution in [0, 0.1) is 29.6 Å². The Morgan fingerprint density at radius 3 is 1.85 bits per heavy atom. The van der Waals surface area contributed by atoms with Crippen LogP contribution in [0.5, 0.6) is 5.75 Å². The number of esters is 2. The van der Waals surface area contributed by atoms with E-state index in [1.165, 1.54) is 25.9 Å². The summed E-state index contributed by atoms with van der Waals surface area (Å²) in [6.45, 7) is 21.5. The van der Waals surface area contributed by atoms with Crippen molar-refractivity contribution in [2.75, 3.05) is 14.1 Å². The minimum Gasteiger partial charge on any atom is -0.488 e. The second-order valence-corrected chi connectivity index (χ2v) is 20.5. The summed E-state index contributed by atoms with van der Waals surface area (Å²) in [6, 6.07) is 9.97. The molecule has 9 atom stereocenters. The number of nitrogens with one attached hydrogen (secondary N) is 4. The van der Waals surface area contributed by atoms with E-state index in [0.29, 0.717) is 24.2 Å². The second-order valence-electron chi connectivity index (χ2n) is 20.5. The molecule has 2 aromatic rings. The number of ketones is 1. The highest BCUT2D eigenvalue weighted by molar-refractivity contribution is 5.95. The smallest absolute Gasteiger partial charge is 0.329 e. The number of Topliss-reactive ketones (excluding diaryl/α,β-unsaturated/α-hetero) is 1. The normalized spacial score (nSPS) is 15.3. The maximum absolute atomic E-state index is 14.6. The maximum Gasteiger partial charge on any atom is 0.329 e. The number of hydrogen-bond donors (Lipinski definition) is 5. The zero-order chi connectivity index (χ0) is 53.7. The lowest BCUT2D eigenvalue weighted by atomic mass is 9.91. The molecule has 0 spiro atoms. The number of nitrogens with zero attached hydrogens (tertiary/aromatic N) is 1. The van der Waals surface area contributed by atoms with Crippen molar-refractivity contribution in [2.45, 2.75) is 177 Å². The maximum atomic E-state index is 14.6. The van der Waals surface area contributed by atoms with Crippen molar-refractivity contribution < 1.29 is 52.6 Å². The van der Waals surface area contributed by atoms with Gasteiger partial charge in [-0.1, -0.05) is 111 Å². The zero-order valence-electron chi connectivity index (χ0n) is 44.7. The van der Waals surface area contributed by atoms with E-state index in [-0.39, 0.29) is 62.2 Å². The highest BCUT2D eigenvalue weighted by Crippen LogP contribution is 2.23. The average molecular weight is 993 g/mol. The van der Waals surface area contributed by atoms with Crippen LogP contribution in [0.1, 0.15) is 133 Å². The van der Waals surface area contributed by atoms with Gasteiger partial charge in [0.15, 0.2) is 0 Å². The van der Waals surface area contributed by atoms with Crippen LogP contribution in [0.15, 0.2) is 54.6 Å². The predicted octanol–water partition coefficient (Wildman–Crippen LogP) is 5.59.